The Labute approximate surface area is 166 Å². The zero-order valence-corrected chi connectivity index (χ0v) is 17.5. The van der Waals surface area contributed by atoms with E-state index < -0.39 is 11.4 Å². The van der Waals surface area contributed by atoms with Crippen LogP contribution in [-0.4, -0.2) is 44.8 Å². The quantitative estimate of drug-likeness (QED) is 0.730. The molecule has 0 aromatic heterocycles. The van der Waals surface area contributed by atoms with Crippen molar-refractivity contribution in [2.75, 3.05) is 6.54 Å². The van der Waals surface area contributed by atoms with Gasteiger partial charge < -0.3 is 15.2 Å². The molecule has 2 fully saturated rings. The number of nitrogens with zero attached hydrogens (tertiary/aromatic N) is 1. The Morgan fingerprint density at radius 2 is 1.85 bits per heavy atom. The van der Waals surface area contributed by atoms with Crippen LogP contribution in [0.3, 0.4) is 0 Å². The number of rotatable bonds is 6. The molecule has 2 bridgehead atoms. The van der Waals surface area contributed by atoms with Crippen molar-refractivity contribution in [3.8, 4) is 0 Å². The van der Waals surface area contributed by atoms with E-state index in [0.717, 1.165) is 32.1 Å². The molecule has 6 heteroatoms. The van der Waals surface area contributed by atoms with E-state index in [4.69, 9.17) is 5.73 Å². The molecule has 0 saturated carbocycles. The Morgan fingerprint density at radius 3 is 2.37 bits per heavy atom. The molecule has 2 unspecified atom stereocenters. The standard InChI is InChI=1S/C21H33N3O2S/c1-21(2,3)27(26)23-19(11-15-7-5-4-6-8-15)16-12-17-9-10-18(13-16)24(17)20(25)14-22/h4-8,16-19,23H,9-14,22H2,1-3H3/t16?,17-,18+,19-,27?/m1/s1. The Balaban J connectivity index is 1.76. The molecule has 0 spiro atoms. The van der Waals surface area contributed by atoms with E-state index in [0.29, 0.717) is 5.92 Å². The van der Waals surface area contributed by atoms with Gasteiger partial charge in [-0.2, -0.15) is 0 Å². The number of nitrogens with one attached hydrogen (secondary N) is 1. The lowest BCUT2D eigenvalue weighted by Crippen LogP contribution is -2.54. The zero-order valence-electron chi connectivity index (χ0n) is 16.7. The first-order valence-electron chi connectivity index (χ1n) is 10.0. The van der Waals surface area contributed by atoms with Gasteiger partial charge in [0.25, 0.3) is 0 Å². The topological polar surface area (TPSA) is 81.4 Å². The van der Waals surface area contributed by atoms with E-state index in [1.165, 1.54) is 5.56 Å². The maximum absolute atomic E-state index is 12.8. The normalized spacial score (nSPS) is 27.4. The van der Waals surface area contributed by atoms with Gasteiger partial charge in [-0.1, -0.05) is 30.3 Å². The second kappa shape index (κ2) is 8.52. The maximum Gasteiger partial charge on any atom is 0.236 e. The molecule has 3 N–H and O–H groups in total. The number of fused-ring (bicyclic) bond motifs is 2. The summed E-state index contributed by atoms with van der Waals surface area (Å²) in [4.78, 5) is 14.3. The first kappa shape index (κ1) is 20.6. The van der Waals surface area contributed by atoms with Crippen LogP contribution in [0.25, 0.3) is 0 Å². The summed E-state index contributed by atoms with van der Waals surface area (Å²) in [5.41, 5.74) is 6.88. The molecule has 2 heterocycles. The van der Waals surface area contributed by atoms with Crippen LogP contribution in [0.15, 0.2) is 30.3 Å². The van der Waals surface area contributed by atoms with Crippen LogP contribution >= 0.6 is 0 Å². The van der Waals surface area contributed by atoms with Gasteiger partial charge in [-0.3, -0.25) is 4.79 Å². The number of piperidine rings is 1. The Kier molecular flexibility index (Phi) is 6.51. The van der Waals surface area contributed by atoms with E-state index in [2.05, 4.69) is 29.0 Å². The predicted molar refractivity (Wildman–Crippen MR) is 110 cm³/mol. The third-order valence-electron chi connectivity index (χ3n) is 5.91. The molecule has 2 aliphatic rings. The lowest BCUT2D eigenvalue weighted by atomic mass is 9.82. The van der Waals surface area contributed by atoms with Gasteiger partial charge in [-0.15, -0.1) is 4.72 Å². The number of benzene rings is 1. The van der Waals surface area contributed by atoms with Crippen molar-refractivity contribution in [2.45, 2.75) is 75.7 Å². The summed E-state index contributed by atoms with van der Waals surface area (Å²) in [7, 11) is 0. The summed E-state index contributed by atoms with van der Waals surface area (Å²) in [6.45, 7) is 6.10. The fraction of sp³-hybridized carbons (Fsp3) is 0.667. The first-order valence-corrected chi connectivity index (χ1v) is 11.2. The number of hydrogen-bond acceptors (Lipinski definition) is 4. The Bertz CT molecular complexity index is 620. The third-order valence-corrected chi connectivity index (χ3v) is 7.54. The number of carbonyl (C=O) groups excluding carboxylic acids is 1. The number of hydrogen-bond donors (Lipinski definition) is 2. The average molecular weight is 392 g/mol. The van der Waals surface area contributed by atoms with Crippen LogP contribution < -0.4 is 10.5 Å². The molecular formula is C21H33N3O2S. The monoisotopic (exact) mass is 391 g/mol. The highest BCUT2D eigenvalue weighted by Crippen LogP contribution is 2.40. The summed E-state index contributed by atoms with van der Waals surface area (Å²) in [6, 6.07) is 11.1. The Morgan fingerprint density at radius 1 is 1.26 bits per heavy atom. The highest BCUT2D eigenvalue weighted by Gasteiger charge is 2.45. The number of amides is 1. The number of nitrogens with two attached hydrogens (primary N) is 1. The molecule has 0 radical (unpaired) electrons. The Hall–Kier alpha value is -1.08. The van der Waals surface area contributed by atoms with Crippen LogP contribution in [0.1, 0.15) is 52.0 Å². The van der Waals surface area contributed by atoms with Crippen molar-refractivity contribution in [1.82, 2.24) is 9.62 Å². The highest BCUT2D eigenvalue weighted by atomic mass is 32.2. The SMILES string of the molecule is CC(C)(C)[S+]([O-])N[C@H](Cc1ccccc1)C1C[C@H]2CC[C@@H](C1)N2C(=O)CN. The molecule has 27 heavy (non-hydrogen) atoms. The largest absolute Gasteiger partial charge is 0.598 e. The lowest BCUT2D eigenvalue weighted by Gasteiger charge is -2.42. The van der Waals surface area contributed by atoms with Crippen molar-refractivity contribution in [3.05, 3.63) is 35.9 Å². The van der Waals surface area contributed by atoms with Crippen LogP contribution in [0.5, 0.6) is 0 Å². The fourth-order valence-electron chi connectivity index (χ4n) is 4.55. The molecule has 5 atom stereocenters. The summed E-state index contributed by atoms with van der Waals surface area (Å²) in [5.74, 6) is 0.489. The minimum Gasteiger partial charge on any atom is -0.598 e. The van der Waals surface area contributed by atoms with Crippen molar-refractivity contribution in [2.24, 2.45) is 11.7 Å². The van der Waals surface area contributed by atoms with Crippen molar-refractivity contribution in [3.63, 3.8) is 0 Å². The van der Waals surface area contributed by atoms with Gasteiger partial charge in [-0.25, -0.2) is 0 Å². The molecular weight excluding hydrogens is 358 g/mol. The average Bonchev–Trinajstić information content (AvgIpc) is 2.90. The van der Waals surface area contributed by atoms with Crippen LogP contribution in [-0.2, 0) is 22.6 Å². The summed E-state index contributed by atoms with van der Waals surface area (Å²) < 4.78 is 16.0. The fourth-order valence-corrected chi connectivity index (χ4v) is 5.45. The second-order valence-electron chi connectivity index (χ2n) is 8.92. The van der Waals surface area contributed by atoms with Gasteiger partial charge in [0, 0.05) is 23.4 Å². The molecule has 1 aromatic carbocycles. The predicted octanol–water partition coefficient (Wildman–Crippen LogP) is 2.38. The van der Waals surface area contributed by atoms with Gasteiger partial charge in [0.2, 0.25) is 5.91 Å². The van der Waals surface area contributed by atoms with Gasteiger partial charge in [-0.05, 0) is 64.4 Å². The van der Waals surface area contributed by atoms with Crippen molar-refractivity contribution in [1.29, 1.82) is 0 Å². The van der Waals surface area contributed by atoms with E-state index in [1.807, 2.05) is 31.7 Å². The molecule has 0 aliphatic carbocycles. The van der Waals surface area contributed by atoms with Crippen LogP contribution in [0, 0.1) is 5.92 Å². The summed E-state index contributed by atoms with van der Waals surface area (Å²) >= 11 is -1.11. The summed E-state index contributed by atoms with van der Waals surface area (Å²) in [5, 5.41) is 0. The first-order chi connectivity index (χ1) is 12.8. The minimum atomic E-state index is -1.11. The van der Waals surface area contributed by atoms with E-state index in [-0.39, 0.29) is 35.3 Å². The molecule has 1 aromatic rings. The number of carbonyl (C=O) groups is 1. The third kappa shape index (κ3) is 4.86. The van der Waals surface area contributed by atoms with Gasteiger partial charge in [0.15, 0.2) is 0 Å². The lowest BCUT2D eigenvalue weighted by molar-refractivity contribution is -0.135. The van der Waals surface area contributed by atoms with E-state index >= 15 is 0 Å². The molecule has 2 saturated heterocycles. The van der Waals surface area contributed by atoms with Gasteiger partial charge in [0.1, 0.15) is 4.75 Å². The van der Waals surface area contributed by atoms with Crippen LogP contribution in [0.4, 0.5) is 0 Å². The molecule has 5 nitrogen and oxygen atoms in total. The van der Waals surface area contributed by atoms with E-state index in [1.54, 1.807) is 0 Å². The molecule has 1 amide bonds. The second-order valence-corrected chi connectivity index (χ2v) is 10.9. The van der Waals surface area contributed by atoms with Crippen molar-refractivity contribution >= 4 is 17.3 Å². The smallest absolute Gasteiger partial charge is 0.236 e. The maximum atomic E-state index is 12.8. The molecule has 2 aliphatic heterocycles. The van der Waals surface area contributed by atoms with Gasteiger partial charge in [0.05, 0.1) is 12.6 Å². The van der Waals surface area contributed by atoms with Crippen molar-refractivity contribution < 1.29 is 9.35 Å². The van der Waals surface area contributed by atoms with Gasteiger partial charge >= 0.3 is 0 Å². The molecule has 150 valence electrons. The van der Waals surface area contributed by atoms with E-state index in [9.17, 15) is 9.35 Å². The summed E-state index contributed by atoms with van der Waals surface area (Å²) in [6.07, 6.45) is 4.92. The minimum absolute atomic E-state index is 0.0757. The highest BCUT2D eigenvalue weighted by molar-refractivity contribution is 7.90. The zero-order chi connectivity index (χ0) is 19.6. The molecule has 3 rings (SSSR count). The van der Waals surface area contributed by atoms with Crippen LogP contribution in [0.2, 0.25) is 0 Å².